The molecule has 0 radical (unpaired) electrons. The fourth-order valence-corrected chi connectivity index (χ4v) is 0.968. The predicted molar refractivity (Wildman–Crippen MR) is 58.9 cm³/mol. The molecule has 0 unspecified atom stereocenters. The standard InChI is InChI=1S/C10H21N3O2/c1-4-5-7(11)8(14)13-6-10(2,3)9(12)15/h7H,4-6,11H2,1-3H3,(H2,12,15)(H,13,14)/t7-/m1/s1. The minimum atomic E-state index is -0.735. The molecule has 0 rings (SSSR count). The summed E-state index contributed by atoms with van der Waals surface area (Å²) in [6.45, 7) is 5.54. The Labute approximate surface area is 90.6 Å². The van der Waals surface area contributed by atoms with Crippen molar-refractivity contribution < 1.29 is 9.59 Å². The lowest BCUT2D eigenvalue weighted by Gasteiger charge is -2.21. The van der Waals surface area contributed by atoms with Gasteiger partial charge in [-0.3, -0.25) is 9.59 Å². The fraction of sp³-hybridized carbons (Fsp3) is 0.800. The van der Waals surface area contributed by atoms with Crippen molar-refractivity contribution >= 4 is 11.8 Å². The van der Waals surface area contributed by atoms with Gasteiger partial charge in [0.25, 0.3) is 0 Å². The number of hydrogen-bond acceptors (Lipinski definition) is 3. The van der Waals surface area contributed by atoms with Gasteiger partial charge in [0.1, 0.15) is 0 Å². The average Bonchev–Trinajstić information content (AvgIpc) is 2.14. The molecule has 88 valence electrons. The second-order valence-electron chi connectivity index (χ2n) is 4.36. The maximum Gasteiger partial charge on any atom is 0.236 e. The van der Waals surface area contributed by atoms with E-state index in [2.05, 4.69) is 5.32 Å². The van der Waals surface area contributed by atoms with Gasteiger partial charge in [-0.05, 0) is 20.3 Å². The number of nitrogens with two attached hydrogens (primary N) is 2. The summed E-state index contributed by atoms with van der Waals surface area (Å²) in [5.41, 5.74) is 10.0. The summed E-state index contributed by atoms with van der Waals surface area (Å²) in [7, 11) is 0. The molecule has 1 atom stereocenters. The zero-order chi connectivity index (χ0) is 12.1. The molecule has 0 aromatic carbocycles. The van der Waals surface area contributed by atoms with Crippen LogP contribution in [0.25, 0.3) is 0 Å². The molecular formula is C10H21N3O2. The fourth-order valence-electron chi connectivity index (χ4n) is 0.968. The molecule has 0 aromatic heterocycles. The number of rotatable bonds is 6. The van der Waals surface area contributed by atoms with Gasteiger partial charge in [0.15, 0.2) is 0 Å². The minimum Gasteiger partial charge on any atom is -0.369 e. The molecule has 5 heteroatoms. The summed E-state index contributed by atoms with van der Waals surface area (Å²) in [5.74, 6) is -0.668. The molecule has 0 bridgehead atoms. The largest absolute Gasteiger partial charge is 0.369 e. The molecule has 0 saturated carbocycles. The van der Waals surface area contributed by atoms with E-state index in [0.717, 1.165) is 6.42 Å². The summed E-state index contributed by atoms with van der Waals surface area (Å²) in [6, 6.07) is -0.501. The molecule has 15 heavy (non-hydrogen) atoms. The maximum absolute atomic E-state index is 11.4. The first kappa shape index (κ1) is 13.9. The molecule has 5 N–H and O–H groups in total. The van der Waals surface area contributed by atoms with E-state index >= 15 is 0 Å². The number of carbonyl (C=O) groups excluding carboxylic acids is 2. The van der Waals surface area contributed by atoms with E-state index in [1.807, 2.05) is 6.92 Å². The van der Waals surface area contributed by atoms with Crippen LogP contribution in [0.15, 0.2) is 0 Å². The van der Waals surface area contributed by atoms with Crippen molar-refractivity contribution in [3.05, 3.63) is 0 Å². The monoisotopic (exact) mass is 215 g/mol. The summed E-state index contributed by atoms with van der Waals surface area (Å²) >= 11 is 0. The van der Waals surface area contributed by atoms with Gasteiger partial charge in [0.05, 0.1) is 11.5 Å². The van der Waals surface area contributed by atoms with E-state index < -0.39 is 17.4 Å². The first-order valence-corrected chi connectivity index (χ1v) is 5.14. The van der Waals surface area contributed by atoms with Gasteiger partial charge >= 0.3 is 0 Å². The third-order valence-corrected chi connectivity index (χ3v) is 2.31. The van der Waals surface area contributed by atoms with Gasteiger partial charge in [-0.1, -0.05) is 13.3 Å². The van der Waals surface area contributed by atoms with E-state index in [0.29, 0.717) is 6.42 Å². The summed E-state index contributed by atoms with van der Waals surface area (Å²) in [6.07, 6.45) is 1.50. The molecule has 0 heterocycles. The van der Waals surface area contributed by atoms with Crippen molar-refractivity contribution in [3.63, 3.8) is 0 Å². The molecule has 5 nitrogen and oxygen atoms in total. The van der Waals surface area contributed by atoms with Crippen LogP contribution in [0.1, 0.15) is 33.6 Å². The van der Waals surface area contributed by atoms with Crippen LogP contribution in [0.5, 0.6) is 0 Å². The molecular weight excluding hydrogens is 194 g/mol. The molecule has 0 saturated heterocycles. The van der Waals surface area contributed by atoms with Crippen LogP contribution in [-0.2, 0) is 9.59 Å². The van der Waals surface area contributed by atoms with Crippen LogP contribution < -0.4 is 16.8 Å². The predicted octanol–water partition coefficient (Wildman–Crippen LogP) is -0.258. The second kappa shape index (κ2) is 5.70. The molecule has 0 aliphatic carbocycles. The highest BCUT2D eigenvalue weighted by Gasteiger charge is 2.26. The first-order valence-electron chi connectivity index (χ1n) is 5.14. The number of primary amides is 1. The van der Waals surface area contributed by atoms with Crippen LogP contribution in [0.2, 0.25) is 0 Å². The van der Waals surface area contributed by atoms with Gasteiger partial charge < -0.3 is 16.8 Å². The smallest absolute Gasteiger partial charge is 0.236 e. The highest BCUT2D eigenvalue weighted by molar-refractivity contribution is 5.84. The first-order chi connectivity index (χ1) is 6.81. The molecule has 2 amide bonds. The van der Waals surface area contributed by atoms with Crippen molar-refractivity contribution in [3.8, 4) is 0 Å². The second-order valence-corrected chi connectivity index (χ2v) is 4.36. The summed E-state index contributed by atoms with van der Waals surface area (Å²) in [4.78, 5) is 22.4. The Bertz CT molecular complexity index is 239. The van der Waals surface area contributed by atoms with Crippen molar-refractivity contribution in [1.29, 1.82) is 0 Å². The minimum absolute atomic E-state index is 0.221. The van der Waals surface area contributed by atoms with Crippen LogP contribution in [0.3, 0.4) is 0 Å². The van der Waals surface area contributed by atoms with Crippen LogP contribution in [0, 0.1) is 5.41 Å². The van der Waals surface area contributed by atoms with E-state index in [-0.39, 0.29) is 12.5 Å². The molecule has 0 aliphatic rings. The molecule has 0 spiro atoms. The molecule has 0 aromatic rings. The van der Waals surface area contributed by atoms with Gasteiger partial charge in [-0.2, -0.15) is 0 Å². The number of amides is 2. The third-order valence-electron chi connectivity index (χ3n) is 2.31. The highest BCUT2D eigenvalue weighted by atomic mass is 16.2. The lowest BCUT2D eigenvalue weighted by Crippen LogP contribution is -2.47. The van der Waals surface area contributed by atoms with E-state index in [1.54, 1.807) is 13.8 Å². The SMILES string of the molecule is CCC[C@@H](N)C(=O)NCC(C)(C)C(N)=O. The topological polar surface area (TPSA) is 98.2 Å². The third kappa shape index (κ3) is 4.78. The zero-order valence-electron chi connectivity index (χ0n) is 9.67. The Morgan fingerprint density at radius 1 is 1.40 bits per heavy atom. The summed E-state index contributed by atoms with van der Waals surface area (Å²) in [5, 5.41) is 2.62. The van der Waals surface area contributed by atoms with E-state index in [4.69, 9.17) is 11.5 Å². The van der Waals surface area contributed by atoms with Crippen LogP contribution >= 0.6 is 0 Å². The quantitative estimate of drug-likeness (QED) is 0.569. The Morgan fingerprint density at radius 2 is 1.93 bits per heavy atom. The van der Waals surface area contributed by atoms with Crippen LogP contribution in [-0.4, -0.2) is 24.4 Å². The normalized spacial score (nSPS) is 13.3. The maximum atomic E-state index is 11.4. The molecule has 0 aliphatic heterocycles. The van der Waals surface area contributed by atoms with E-state index in [9.17, 15) is 9.59 Å². The number of nitrogens with one attached hydrogen (secondary N) is 1. The average molecular weight is 215 g/mol. The number of hydrogen-bond donors (Lipinski definition) is 3. The van der Waals surface area contributed by atoms with Crippen molar-refractivity contribution in [1.82, 2.24) is 5.32 Å². The van der Waals surface area contributed by atoms with Crippen molar-refractivity contribution in [2.45, 2.75) is 39.7 Å². The van der Waals surface area contributed by atoms with Crippen molar-refractivity contribution in [2.75, 3.05) is 6.54 Å². The Kier molecular flexibility index (Phi) is 5.28. The van der Waals surface area contributed by atoms with E-state index in [1.165, 1.54) is 0 Å². The van der Waals surface area contributed by atoms with Gasteiger partial charge in [0, 0.05) is 6.54 Å². The van der Waals surface area contributed by atoms with Gasteiger partial charge in [-0.15, -0.1) is 0 Å². The number of carbonyl (C=O) groups is 2. The zero-order valence-corrected chi connectivity index (χ0v) is 9.67. The lowest BCUT2D eigenvalue weighted by molar-refractivity contribution is -0.127. The highest BCUT2D eigenvalue weighted by Crippen LogP contribution is 2.11. The molecule has 0 fully saturated rings. The Balaban J connectivity index is 4.05. The van der Waals surface area contributed by atoms with Crippen molar-refractivity contribution in [2.24, 2.45) is 16.9 Å². The van der Waals surface area contributed by atoms with Gasteiger partial charge in [0.2, 0.25) is 11.8 Å². The van der Waals surface area contributed by atoms with Crippen LogP contribution in [0.4, 0.5) is 0 Å². The van der Waals surface area contributed by atoms with Gasteiger partial charge in [-0.25, -0.2) is 0 Å². The summed E-state index contributed by atoms with van der Waals surface area (Å²) < 4.78 is 0. The Hall–Kier alpha value is -1.10. The lowest BCUT2D eigenvalue weighted by atomic mass is 9.92. The Morgan fingerprint density at radius 3 is 2.33 bits per heavy atom.